The van der Waals surface area contributed by atoms with Gasteiger partial charge in [-0.15, -0.1) is 32.9 Å². The van der Waals surface area contributed by atoms with Crippen LogP contribution in [-0.4, -0.2) is 34.2 Å². The average Bonchev–Trinajstić information content (AvgIpc) is 3.53. The average molecular weight is 490 g/mol. The van der Waals surface area contributed by atoms with E-state index in [1.54, 1.807) is 22.7 Å². The fourth-order valence-electron chi connectivity index (χ4n) is 4.28. The van der Waals surface area contributed by atoms with E-state index in [0.717, 1.165) is 56.9 Å². The predicted octanol–water partition coefficient (Wildman–Crippen LogP) is 5.48. The number of rotatable bonds is 6. The third-order valence-corrected chi connectivity index (χ3v) is 8.31. The van der Waals surface area contributed by atoms with Crippen LogP contribution in [-0.2, 0) is 11.3 Å². The molecule has 0 saturated carbocycles. The monoisotopic (exact) mass is 489 g/mol. The first-order chi connectivity index (χ1) is 16.6. The molecule has 1 atom stereocenters. The molecule has 4 aromatic rings. The molecular formula is C26H27N5OS2. The van der Waals surface area contributed by atoms with Gasteiger partial charge in [0.05, 0.1) is 23.0 Å². The van der Waals surface area contributed by atoms with Crippen LogP contribution in [0, 0.1) is 19.8 Å². The number of amides is 1. The first-order valence-corrected chi connectivity index (χ1v) is 13.2. The number of carbonyl (C=O) groups excluding carboxylic acids is 1. The van der Waals surface area contributed by atoms with Crippen LogP contribution in [0.3, 0.4) is 0 Å². The third-order valence-electron chi connectivity index (χ3n) is 6.23. The summed E-state index contributed by atoms with van der Waals surface area (Å²) in [6.07, 6.45) is 1.85. The van der Waals surface area contributed by atoms with E-state index in [-0.39, 0.29) is 11.8 Å². The summed E-state index contributed by atoms with van der Waals surface area (Å²) in [5, 5.41) is 15.0. The predicted molar refractivity (Wildman–Crippen MR) is 139 cm³/mol. The van der Waals surface area contributed by atoms with Crippen LogP contribution in [0.1, 0.15) is 29.0 Å². The van der Waals surface area contributed by atoms with Crippen molar-refractivity contribution in [3.8, 4) is 21.1 Å². The van der Waals surface area contributed by atoms with Gasteiger partial charge in [0.2, 0.25) is 5.91 Å². The van der Waals surface area contributed by atoms with Gasteiger partial charge in [0, 0.05) is 23.5 Å². The molecule has 3 aromatic heterocycles. The van der Waals surface area contributed by atoms with Crippen molar-refractivity contribution in [3.63, 3.8) is 0 Å². The number of aryl methyl sites for hydroxylation is 2. The molecule has 1 fully saturated rings. The van der Waals surface area contributed by atoms with Gasteiger partial charge in [-0.25, -0.2) is 4.98 Å². The normalized spacial score (nSPS) is 15.9. The molecule has 1 amide bonds. The van der Waals surface area contributed by atoms with E-state index in [1.807, 2.05) is 48.7 Å². The fraction of sp³-hybridized carbons (Fsp3) is 0.308. The third kappa shape index (κ3) is 4.88. The number of anilines is 1. The van der Waals surface area contributed by atoms with Crippen LogP contribution in [0.2, 0.25) is 0 Å². The van der Waals surface area contributed by atoms with Gasteiger partial charge in [-0.2, -0.15) is 0 Å². The molecule has 34 heavy (non-hydrogen) atoms. The van der Waals surface area contributed by atoms with E-state index in [1.165, 1.54) is 5.56 Å². The highest BCUT2D eigenvalue weighted by Crippen LogP contribution is 2.30. The number of benzene rings is 1. The first-order valence-electron chi connectivity index (χ1n) is 11.5. The summed E-state index contributed by atoms with van der Waals surface area (Å²) in [5.41, 5.74) is 4.23. The van der Waals surface area contributed by atoms with E-state index in [0.29, 0.717) is 13.1 Å². The standard InChI is InChI=1S/C26H27N5OS2/c1-17-7-3-4-9-20(17)26-28-18(2)23(34-26)15-27-25(32)19-8-5-13-31(16-19)24-12-11-21(29-30-24)22-10-6-14-33-22/h3-4,6-7,9-12,14,19H,5,8,13,15-16H2,1-2H3,(H,27,32). The van der Waals surface area contributed by atoms with E-state index < -0.39 is 0 Å². The van der Waals surface area contributed by atoms with Crippen molar-refractivity contribution in [3.05, 3.63) is 70.0 Å². The van der Waals surface area contributed by atoms with Crippen molar-refractivity contribution in [1.29, 1.82) is 0 Å². The van der Waals surface area contributed by atoms with E-state index >= 15 is 0 Å². The summed E-state index contributed by atoms with van der Waals surface area (Å²) in [7, 11) is 0. The summed E-state index contributed by atoms with van der Waals surface area (Å²) in [6.45, 7) is 6.18. The molecule has 4 heterocycles. The Hall–Kier alpha value is -3.10. The lowest BCUT2D eigenvalue weighted by Crippen LogP contribution is -2.43. The molecule has 0 aliphatic carbocycles. The minimum atomic E-state index is -0.0587. The second kappa shape index (κ2) is 10.0. The summed E-state index contributed by atoms with van der Waals surface area (Å²) < 4.78 is 0. The molecule has 1 N–H and O–H groups in total. The Bertz CT molecular complexity index is 1270. The maximum atomic E-state index is 13.0. The number of nitrogens with one attached hydrogen (secondary N) is 1. The minimum Gasteiger partial charge on any atom is -0.354 e. The zero-order chi connectivity index (χ0) is 23.5. The van der Waals surface area contributed by atoms with Gasteiger partial charge in [-0.1, -0.05) is 30.3 Å². The molecule has 0 radical (unpaired) electrons. The Morgan fingerprint density at radius 1 is 1.12 bits per heavy atom. The molecule has 8 heteroatoms. The highest BCUT2D eigenvalue weighted by Gasteiger charge is 2.27. The molecule has 174 valence electrons. The number of nitrogens with zero attached hydrogens (tertiary/aromatic N) is 4. The zero-order valence-corrected chi connectivity index (χ0v) is 21.0. The van der Waals surface area contributed by atoms with Crippen LogP contribution >= 0.6 is 22.7 Å². The SMILES string of the molecule is Cc1ccccc1-c1nc(C)c(CNC(=O)C2CCCN(c3ccc(-c4cccs4)nn3)C2)s1. The molecule has 5 rings (SSSR count). The van der Waals surface area contributed by atoms with Crippen molar-refractivity contribution in [2.24, 2.45) is 5.92 Å². The van der Waals surface area contributed by atoms with E-state index in [9.17, 15) is 4.79 Å². The number of carbonyl (C=O) groups is 1. The molecule has 0 bridgehead atoms. The van der Waals surface area contributed by atoms with Gasteiger partial charge in [0.1, 0.15) is 10.7 Å². The van der Waals surface area contributed by atoms with Crippen LogP contribution in [0.15, 0.2) is 53.9 Å². The van der Waals surface area contributed by atoms with Crippen molar-refractivity contribution in [2.45, 2.75) is 33.2 Å². The maximum absolute atomic E-state index is 13.0. The molecule has 1 unspecified atom stereocenters. The van der Waals surface area contributed by atoms with Crippen LogP contribution in [0.25, 0.3) is 21.1 Å². The molecule has 1 aliphatic heterocycles. The molecule has 1 aliphatic rings. The van der Waals surface area contributed by atoms with Gasteiger partial charge in [0.25, 0.3) is 0 Å². The summed E-state index contributed by atoms with van der Waals surface area (Å²) in [6, 6.07) is 16.4. The highest BCUT2D eigenvalue weighted by atomic mass is 32.1. The Kier molecular flexibility index (Phi) is 6.69. The van der Waals surface area contributed by atoms with Gasteiger partial charge in [0.15, 0.2) is 5.82 Å². The van der Waals surface area contributed by atoms with Gasteiger partial charge < -0.3 is 10.2 Å². The van der Waals surface area contributed by atoms with Crippen molar-refractivity contribution in [2.75, 3.05) is 18.0 Å². The summed E-state index contributed by atoms with van der Waals surface area (Å²) in [5.74, 6) is 0.869. The number of piperidine rings is 1. The summed E-state index contributed by atoms with van der Waals surface area (Å²) >= 11 is 3.31. The number of thiazole rings is 1. The van der Waals surface area contributed by atoms with Crippen molar-refractivity contribution < 1.29 is 4.79 Å². The van der Waals surface area contributed by atoms with Crippen molar-refractivity contribution in [1.82, 2.24) is 20.5 Å². The minimum absolute atomic E-state index is 0.0587. The Labute approximate surface area is 207 Å². The largest absolute Gasteiger partial charge is 0.354 e. The van der Waals surface area contributed by atoms with E-state index in [2.05, 4.69) is 39.5 Å². The topological polar surface area (TPSA) is 71.0 Å². The molecule has 1 aromatic carbocycles. The lowest BCUT2D eigenvalue weighted by Gasteiger charge is -2.32. The smallest absolute Gasteiger partial charge is 0.225 e. The lowest BCUT2D eigenvalue weighted by atomic mass is 9.97. The van der Waals surface area contributed by atoms with Crippen molar-refractivity contribution >= 4 is 34.4 Å². The second-order valence-corrected chi connectivity index (χ2v) is 10.6. The number of thiophene rings is 1. The quantitative estimate of drug-likeness (QED) is 0.388. The Morgan fingerprint density at radius 2 is 2.00 bits per heavy atom. The Morgan fingerprint density at radius 3 is 2.76 bits per heavy atom. The van der Waals surface area contributed by atoms with Gasteiger partial charge in [-0.05, 0) is 55.8 Å². The number of aromatic nitrogens is 3. The number of hydrogen-bond donors (Lipinski definition) is 1. The zero-order valence-electron chi connectivity index (χ0n) is 19.3. The fourth-order valence-corrected chi connectivity index (χ4v) is 6.06. The van der Waals surface area contributed by atoms with Gasteiger partial charge >= 0.3 is 0 Å². The van der Waals surface area contributed by atoms with Crippen LogP contribution in [0.5, 0.6) is 0 Å². The van der Waals surface area contributed by atoms with E-state index in [4.69, 9.17) is 4.98 Å². The first kappa shape index (κ1) is 22.7. The molecule has 0 spiro atoms. The van der Waals surface area contributed by atoms with Crippen LogP contribution in [0.4, 0.5) is 5.82 Å². The highest BCUT2D eigenvalue weighted by molar-refractivity contribution is 7.15. The summed E-state index contributed by atoms with van der Waals surface area (Å²) in [4.78, 5) is 22.2. The molecule has 1 saturated heterocycles. The van der Waals surface area contributed by atoms with Gasteiger partial charge in [-0.3, -0.25) is 4.79 Å². The lowest BCUT2D eigenvalue weighted by molar-refractivity contribution is -0.125. The van der Waals surface area contributed by atoms with Crippen LogP contribution < -0.4 is 10.2 Å². The maximum Gasteiger partial charge on any atom is 0.225 e. The molecular weight excluding hydrogens is 462 g/mol. The second-order valence-electron chi connectivity index (χ2n) is 8.60. The number of hydrogen-bond acceptors (Lipinski definition) is 7. The Balaban J connectivity index is 1.21. The molecule has 6 nitrogen and oxygen atoms in total.